The van der Waals surface area contributed by atoms with Crippen molar-refractivity contribution in [1.82, 2.24) is 0 Å². The van der Waals surface area contributed by atoms with Crippen molar-refractivity contribution in [3.8, 4) is 0 Å². The number of hydrogen-bond donors (Lipinski definition) is 0. The van der Waals surface area contributed by atoms with Crippen molar-refractivity contribution in [2.24, 2.45) is 35.5 Å². The van der Waals surface area contributed by atoms with Gasteiger partial charge in [0.05, 0.1) is 0 Å². The molecular formula is C20H32O. The highest BCUT2D eigenvalue weighted by Crippen LogP contribution is 2.54. The molecule has 118 valence electrons. The van der Waals surface area contributed by atoms with Crippen molar-refractivity contribution in [3.05, 3.63) is 11.3 Å². The molecule has 3 aliphatic carbocycles. The molecule has 1 heterocycles. The van der Waals surface area contributed by atoms with E-state index in [1.807, 2.05) is 0 Å². The molecule has 0 aromatic rings. The van der Waals surface area contributed by atoms with E-state index >= 15 is 0 Å². The van der Waals surface area contributed by atoms with Gasteiger partial charge in [-0.25, -0.2) is 0 Å². The van der Waals surface area contributed by atoms with Gasteiger partial charge in [-0.2, -0.15) is 0 Å². The van der Waals surface area contributed by atoms with Crippen LogP contribution in [0.3, 0.4) is 0 Å². The fourth-order valence-electron chi connectivity index (χ4n) is 5.67. The highest BCUT2D eigenvalue weighted by molar-refractivity contribution is 5.22. The fourth-order valence-corrected chi connectivity index (χ4v) is 5.67. The summed E-state index contributed by atoms with van der Waals surface area (Å²) in [6.07, 6.45) is 13.2. The molecule has 4 aliphatic rings. The maximum atomic E-state index is 5.63. The van der Waals surface area contributed by atoms with Crippen LogP contribution < -0.4 is 0 Å². The number of fused-ring (bicyclic) bond motifs is 2. The lowest BCUT2D eigenvalue weighted by atomic mass is 9.71. The van der Waals surface area contributed by atoms with Crippen LogP contribution in [-0.4, -0.2) is 6.61 Å². The van der Waals surface area contributed by atoms with E-state index in [-0.39, 0.29) is 0 Å². The highest BCUT2D eigenvalue weighted by atomic mass is 16.6. The van der Waals surface area contributed by atoms with E-state index < -0.39 is 0 Å². The van der Waals surface area contributed by atoms with Crippen LogP contribution in [0.15, 0.2) is 11.3 Å². The summed E-state index contributed by atoms with van der Waals surface area (Å²) in [5, 5.41) is 0. The number of ether oxygens (including phenoxy) is 1. The number of epoxide rings is 1. The second kappa shape index (κ2) is 5.63. The lowest BCUT2D eigenvalue weighted by molar-refractivity contribution is 0.213. The van der Waals surface area contributed by atoms with Gasteiger partial charge in [0.25, 0.3) is 0 Å². The van der Waals surface area contributed by atoms with E-state index in [2.05, 4.69) is 13.8 Å². The van der Waals surface area contributed by atoms with Gasteiger partial charge in [-0.05, 0) is 79.6 Å². The summed E-state index contributed by atoms with van der Waals surface area (Å²) < 4.78 is 5.63. The molecule has 0 amide bonds. The minimum Gasteiger partial charge on any atom is -0.486 e. The van der Waals surface area contributed by atoms with E-state index in [0.717, 1.165) is 42.1 Å². The Morgan fingerprint density at radius 1 is 1.10 bits per heavy atom. The standard InChI is InChI=1S/C20H32O/c1-3-14-7-8-16-10-17(9-14)18(13(16)2)11-19(20-12-21-20)15-5-4-6-15/h13-18H,3-12H2,1-2H3. The van der Waals surface area contributed by atoms with E-state index in [4.69, 9.17) is 4.74 Å². The Labute approximate surface area is 130 Å². The van der Waals surface area contributed by atoms with Gasteiger partial charge in [-0.3, -0.25) is 0 Å². The van der Waals surface area contributed by atoms with Crippen LogP contribution in [0.2, 0.25) is 0 Å². The van der Waals surface area contributed by atoms with Crippen LogP contribution in [0.25, 0.3) is 0 Å². The molecule has 2 bridgehead atoms. The van der Waals surface area contributed by atoms with Crippen LogP contribution in [0.1, 0.15) is 71.6 Å². The van der Waals surface area contributed by atoms with Gasteiger partial charge in [0.2, 0.25) is 0 Å². The molecule has 5 atom stereocenters. The molecule has 0 aromatic heterocycles. The van der Waals surface area contributed by atoms with Crippen molar-refractivity contribution in [2.45, 2.75) is 71.6 Å². The van der Waals surface area contributed by atoms with Gasteiger partial charge in [0.15, 0.2) is 0 Å². The summed E-state index contributed by atoms with van der Waals surface area (Å²) >= 11 is 0. The Morgan fingerprint density at radius 3 is 2.52 bits per heavy atom. The lowest BCUT2D eigenvalue weighted by Crippen LogP contribution is -2.24. The second-order valence-corrected chi connectivity index (χ2v) is 8.44. The molecule has 0 spiro atoms. The molecule has 3 saturated carbocycles. The molecule has 0 aromatic carbocycles. The molecule has 4 fully saturated rings. The molecule has 1 saturated heterocycles. The van der Waals surface area contributed by atoms with E-state index in [0.29, 0.717) is 0 Å². The topological polar surface area (TPSA) is 12.5 Å². The Kier molecular flexibility index (Phi) is 3.79. The first-order valence-electron chi connectivity index (χ1n) is 9.61. The number of allylic oxidation sites excluding steroid dienone is 1. The second-order valence-electron chi connectivity index (χ2n) is 8.44. The Hall–Kier alpha value is -0.460. The third kappa shape index (κ3) is 2.66. The van der Waals surface area contributed by atoms with E-state index in [1.54, 1.807) is 5.57 Å². The molecule has 0 N–H and O–H groups in total. The molecule has 1 aliphatic heterocycles. The predicted octanol–water partition coefficient (Wildman–Crippen LogP) is 5.56. The maximum Gasteiger partial charge on any atom is 0.145 e. The summed E-state index contributed by atoms with van der Waals surface area (Å²) in [7, 11) is 0. The normalized spacial score (nSPS) is 44.8. The predicted molar refractivity (Wildman–Crippen MR) is 86.8 cm³/mol. The maximum absolute atomic E-state index is 5.63. The summed E-state index contributed by atoms with van der Waals surface area (Å²) in [5.74, 6) is 7.31. The van der Waals surface area contributed by atoms with Crippen LogP contribution >= 0.6 is 0 Å². The lowest BCUT2D eigenvalue weighted by Gasteiger charge is -2.34. The molecule has 1 heteroatoms. The van der Waals surface area contributed by atoms with Gasteiger partial charge in [-0.15, -0.1) is 0 Å². The van der Waals surface area contributed by atoms with Gasteiger partial charge < -0.3 is 4.74 Å². The summed E-state index contributed by atoms with van der Waals surface area (Å²) in [6.45, 7) is 5.93. The first kappa shape index (κ1) is 14.2. The summed E-state index contributed by atoms with van der Waals surface area (Å²) in [5.41, 5.74) is 1.76. The van der Waals surface area contributed by atoms with Crippen LogP contribution in [0.4, 0.5) is 0 Å². The van der Waals surface area contributed by atoms with Crippen molar-refractivity contribution in [3.63, 3.8) is 0 Å². The minimum absolute atomic E-state index is 0.902. The minimum atomic E-state index is 0.902. The van der Waals surface area contributed by atoms with Crippen molar-refractivity contribution < 1.29 is 4.74 Å². The zero-order valence-corrected chi connectivity index (χ0v) is 13.9. The molecule has 21 heavy (non-hydrogen) atoms. The Morgan fingerprint density at radius 2 is 1.90 bits per heavy atom. The van der Waals surface area contributed by atoms with Crippen LogP contribution in [0, 0.1) is 35.5 Å². The number of hydrogen-bond acceptors (Lipinski definition) is 1. The molecule has 0 radical (unpaired) electrons. The zero-order chi connectivity index (χ0) is 14.4. The zero-order valence-electron chi connectivity index (χ0n) is 13.9. The van der Waals surface area contributed by atoms with Gasteiger partial charge in [0, 0.05) is 0 Å². The van der Waals surface area contributed by atoms with E-state index in [1.165, 1.54) is 63.5 Å². The first-order chi connectivity index (χ1) is 10.3. The van der Waals surface area contributed by atoms with Crippen LogP contribution in [-0.2, 0) is 4.74 Å². The highest BCUT2D eigenvalue weighted by Gasteiger charge is 2.44. The average Bonchev–Trinajstić information content (AvgIpc) is 3.22. The molecule has 4 rings (SSSR count). The first-order valence-corrected chi connectivity index (χ1v) is 9.61. The third-order valence-corrected chi connectivity index (χ3v) is 7.49. The molecule has 5 unspecified atom stereocenters. The smallest absolute Gasteiger partial charge is 0.145 e. The Bertz CT molecular complexity index is 414. The molecule has 1 nitrogen and oxygen atoms in total. The Balaban J connectivity index is 1.49. The third-order valence-electron chi connectivity index (χ3n) is 7.49. The van der Waals surface area contributed by atoms with Gasteiger partial charge >= 0.3 is 0 Å². The number of rotatable bonds is 4. The summed E-state index contributed by atoms with van der Waals surface area (Å²) in [6, 6.07) is 0. The van der Waals surface area contributed by atoms with Crippen molar-refractivity contribution >= 4 is 0 Å². The largest absolute Gasteiger partial charge is 0.486 e. The van der Waals surface area contributed by atoms with Crippen LogP contribution in [0.5, 0.6) is 0 Å². The SMILES string of the molecule is CCC1CCC2CC(C1)C(CC(=C1CO1)C1CCC1)C2C. The van der Waals surface area contributed by atoms with Crippen molar-refractivity contribution in [2.75, 3.05) is 6.61 Å². The molecular weight excluding hydrogens is 256 g/mol. The van der Waals surface area contributed by atoms with Gasteiger partial charge in [-0.1, -0.05) is 33.1 Å². The summed E-state index contributed by atoms with van der Waals surface area (Å²) in [4.78, 5) is 0. The quantitative estimate of drug-likeness (QED) is 0.617. The average molecular weight is 288 g/mol. The van der Waals surface area contributed by atoms with Crippen molar-refractivity contribution in [1.29, 1.82) is 0 Å². The monoisotopic (exact) mass is 288 g/mol. The fraction of sp³-hybridized carbons (Fsp3) is 0.900. The van der Waals surface area contributed by atoms with E-state index in [9.17, 15) is 0 Å². The van der Waals surface area contributed by atoms with Gasteiger partial charge in [0.1, 0.15) is 12.4 Å².